The van der Waals surface area contributed by atoms with Gasteiger partial charge in [-0.25, -0.2) is 0 Å². The van der Waals surface area contributed by atoms with Gasteiger partial charge < -0.3 is 0 Å². The van der Waals surface area contributed by atoms with Crippen LogP contribution in [0.15, 0.2) is 0 Å². The summed E-state index contributed by atoms with van der Waals surface area (Å²) in [6.45, 7) is 3.17. The Morgan fingerprint density at radius 3 is 1.40 bits per heavy atom. The second-order valence-corrected chi connectivity index (χ2v) is 1.67. The van der Waals surface area contributed by atoms with Crippen molar-refractivity contribution in [2.24, 2.45) is 0 Å². The van der Waals surface area contributed by atoms with Crippen LogP contribution < -0.4 is 0 Å². The molecule has 0 aliphatic rings. The molecule has 0 saturated carbocycles. The summed E-state index contributed by atoms with van der Waals surface area (Å²) in [6, 6.07) is 0. The van der Waals surface area contributed by atoms with E-state index in [9.17, 15) is 0 Å². The van der Waals surface area contributed by atoms with E-state index in [1.165, 1.54) is 0 Å². The Labute approximate surface area is 52.6 Å². The van der Waals surface area contributed by atoms with Crippen LogP contribution in [-0.2, 0) is 0 Å². The third-order valence-corrected chi connectivity index (χ3v) is 0. The highest BCUT2D eigenvalue weighted by Gasteiger charge is 1.75. The molecule has 0 amide bonds. The van der Waals surface area contributed by atoms with E-state index in [2.05, 4.69) is 6.92 Å². The molecule has 1 radical (unpaired) electrons. The predicted molar refractivity (Wildman–Crippen MR) is 30.8 cm³/mol. The van der Waals surface area contributed by atoms with Crippen molar-refractivity contribution >= 4 is 40.6 Å². The van der Waals surface area contributed by atoms with Crippen molar-refractivity contribution < 1.29 is 0 Å². The molecule has 0 aromatic carbocycles. The van der Waals surface area contributed by atoms with E-state index in [0.717, 1.165) is 0 Å². The molecule has 0 unspecified atom stereocenters. The van der Waals surface area contributed by atoms with E-state index in [0.29, 0.717) is 0 Å². The average Bonchev–Trinajstić information content (AvgIpc) is 0.811. The van der Waals surface area contributed by atoms with Crippen LogP contribution in [0.2, 0.25) is 0 Å². The first-order valence-corrected chi connectivity index (χ1v) is 1.72. The second-order valence-electron chi connectivity index (χ2n) is 0.391. The van der Waals surface area contributed by atoms with Crippen LogP contribution in [0.1, 0.15) is 0 Å². The number of rotatable bonds is 0. The van der Waals surface area contributed by atoms with Crippen LogP contribution in [0.5, 0.6) is 0 Å². The molecule has 31 valence electrons. The molecule has 5 heavy (non-hydrogen) atoms. The SMILES string of the molecule is [AlH3].[CH2]C(Cl)Cl. The maximum absolute atomic E-state index is 4.93. The van der Waals surface area contributed by atoms with Gasteiger partial charge in [-0.2, -0.15) is 0 Å². The fourth-order valence-corrected chi connectivity index (χ4v) is 0. The molecular weight excluding hydrogens is 122 g/mol. The predicted octanol–water partition coefficient (Wildman–Crippen LogP) is 0.440. The van der Waals surface area contributed by atoms with Crippen LogP contribution in [0, 0.1) is 6.92 Å². The maximum Gasteiger partial charge on any atom is 0.187 e. The van der Waals surface area contributed by atoms with E-state index < -0.39 is 4.84 Å². The lowest BCUT2D eigenvalue weighted by Crippen LogP contribution is -1.64. The first-order chi connectivity index (χ1) is 1.73. The van der Waals surface area contributed by atoms with Crippen molar-refractivity contribution in [1.29, 1.82) is 0 Å². The van der Waals surface area contributed by atoms with Gasteiger partial charge in [-0.05, 0) is 6.92 Å². The molecule has 0 fully saturated rings. The van der Waals surface area contributed by atoms with Gasteiger partial charge >= 0.3 is 0 Å². The quantitative estimate of drug-likeness (QED) is 0.328. The largest absolute Gasteiger partial charge is 0.187 e. The third kappa shape index (κ3) is 40.0. The zero-order valence-electron chi connectivity index (χ0n) is 2.04. The second kappa shape index (κ2) is 5.11. The summed E-state index contributed by atoms with van der Waals surface area (Å²) >= 11 is 9.86. The minimum Gasteiger partial charge on any atom is -0.105 e. The number of halogens is 2. The molecule has 0 heterocycles. The van der Waals surface area contributed by atoms with Crippen molar-refractivity contribution in [1.82, 2.24) is 0 Å². The molecule has 0 aliphatic carbocycles. The molecule has 0 nitrogen and oxygen atoms in total. The first kappa shape index (κ1) is 9.45. The fraction of sp³-hybridized carbons (Fsp3) is 0.500. The fourth-order valence-electron chi connectivity index (χ4n) is 0. The smallest absolute Gasteiger partial charge is 0.105 e. The summed E-state index contributed by atoms with van der Waals surface area (Å²) in [6.07, 6.45) is 0. The van der Waals surface area contributed by atoms with Crippen LogP contribution in [0.4, 0.5) is 0 Å². The van der Waals surface area contributed by atoms with Crippen molar-refractivity contribution in [3.8, 4) is 0 Å². The Bertz CT molecular complexity index is 12.4. The van der Waals surface area contributed by atoms with Gasteiger partial charge in [0.05, 0.1) is 0 Å². The molecule has 0 aliphatic heterocycles. The monoisotopic (exact) mass is 127 g/mol. The van der Waals surface area contributed by atoms with Gasteiger partial charge in [-0.15, -0.1) is 23.2 Å². The highest BCUT2D eigenvalue weighted by Crippen LogP contribution is 1.94. The lowest BCUT2D eigenvalue weighted by Gasteiger charge is -1.72. The van der Waals surface area contributed by atoms with Crippen molar-refractivity contribution in [3.63, 3.8) is 0 Å². The Morgan fingerprint density at radius 2 is 1.40 bits per heavy atom. The van der Waals surface area contributed by atoms with Crippen LogP contribution in [0.3, 0.4) is 0 Å². The standard InChI is InChI=1S/C2H3Cl2.Al.3H/c1-2(3)4;;;;/h2H,1H2;;;;. The van der Waals surface area contributed by atoms with E-state index in [1.807, 2.05) is 0 Å². The summed E-state index contributed by atoms with van der Waals surface area (Å²) in [5.41, 5.74) is 0. The summed E-state index contributed by atoms with van der Waals surface area (Å²) < 4.78 is 0. The van der Waals surface area contributed by atoms with Crippen LogP contribution >= 0.6 is 23.2 Å². The Morgan fingerprint density at radius 1 is 1.40 bits per heavy atom. The molecule has 0 bridgehead atoms. The van der Waals surface area contributed by atoms with Crippen molar-refractivity contribution in [2.75, 3.05) is 0 Å². The highest BCUT2D eigenvalue weighted by atomic mass is 35.5. The zero-order chi connectivity index (χ0) is 3.58. The molecular formula is C2H6AlCl2. The van der Waals surface area contributed by atoms with Crippen molar-refractivity contribution in [3.05, 3.63) is 6.92 Å². The zero-order valence-corrected chi connectivity index (χ0v) is 3.55. The third-order valence-electron chi connectivity index (χ3n) is 0. The van der Waals surface area contributed by atoms with E-state index >= 15 is 0 Å². The number of hydrogen-bond donors (Lipinski definition) is 0. The van der Waals surface area contributed by atoms with Gasteiger partial charge in [0.2, 0.25) is 0 Å². The minimum absolute atomic E-state index is 0. The molecule has 0 spiro atoms. The van der Waals surface area contributed by atoms with Gasteiger partial charge in [-0.3, -0.25) is 0 Å². The van der Waals surface area contributed by atoms with Gasteiger partial charge in [-0.1, -0.05) is 0 Å². The average molecular weight is 128 g/mol. The Hall–Kier alpha value is 1.11. The van der Waals surface area contributed by atoms with E-state index in [1.54, 1.807) is 0 Å². The highest BCUT2D eigenvalue weighted by molar-refractivity contribution is 6.44. The normalized spacial score (nSPS) is 7.20. The topological polar surface area (TPSA) is 0 Å². The summed E-state index contributed by atoms with van der Waals surface area (Å²) in [7, 11) is 0. The van der Waals surface area contributed by atoms with Gasteiger partial charge in [0.25, 0.3) is 0 Å². The van der Waals surface area contributed by atoms with E-state index in [-0.39, 0.29) is 17.4 Å². The molecule has 0 aromatic heterocycles. The van der Waals surface area contributed by atoms with Crippen LogP contribution in [0.25, 0.3) is 0 Å². The number of alkyl halides is 2. The molecule has 0 aromatic rings. The Balaban J connectivity index is 0. The van der Waals surface area contributed by atoms with Gasteiger partial charge in [0.1, 0.15) is 4.84 Å². The molecule has 0 atom stereocenters. The summed E-state index contributed by atoms with van der Waals surface area (Å²) in [4.78, 5) is -0.472. The summed E-state index contributed by atoms with van der Waals surface area (Å²) in [5, 5.41) is 0. The van der Waals surface area contributed by atoms with Gasteiger partial charge in [0.15, 0.2) is 17.4 Å². The molecule has 0 N–H and O–H groups in total. The number of hydrogen-bond acceptors (Lipinski definition) is 0. The first-order valence-electron chi connectivity index (χ1n) is 0.845. The van der Waals surface area contributed by atoms with E-state index in [4.69, 9.17) is 23.2 Å². The Kier molecular flexibility index (Phi) is 9.66. The maximum atomic E-state index is 4.93. The van der Waals surface area contributed by atoms with Crippen molar-refractivity contribution in [2.45, 2.75) is 4.84 Å². The molecule has 0 saturated heterocycles. The summed E-state index contributed by atoms with van der Waals surface area (Å²) in [5.74, 6) is 0. The van der Waals surface area contributed by atoms with Gasteiger partial charge in [0, 0.05) is 0 Å². The minimum atomic E-state index is -0.472. The molecule has 0 rings (SSSR count). The van der Waals surface area contributed by atoms with Crippen LogP contribution in [-0.4, -0.2) is 22.2 Å². The lowest BCUT2D eigenvalue weighted by atomic mass is 11.0. The lowest BCUT2D eigenvalue weighted by molar-refractivity contribution is 1.64. The molecule has 3 heteroatoms.